The summed E-state index contributed by atoms with van der Waals surface area (Å²) in [5.74, 6) is 1.96. The van der Waals surface area contributed by atoms with Crippen molar-refractivity contribution in [3.8, 4) is 28.1 Å². The molecule has 0 bridgehead atoms. The number of carbonyl (C=O) groups excluding carboxylic acids is 3. The molecule has 2 unspecified atom stereocenters. The number of hydrogen-bond acceptors (Lipinski definition) is 9. The van der Waals surface area contributed by atoms with Gasteiger partial charge in [-0.05, 0) is 83.0 Å². The van der Waals surface area contributed by atoms with Gasteiger partial charge in [0.2, 0.25) is 5.91 Å². The summed E-state index contributed by atoms with van der Waals surface area (Å²) in [6.07, 6.45) is 2.22. The molecule has 7 atom stereocenters. The topological polar surface area (TPSA) is 204 Å². The van der Waals surface area contributed by atoms with Gasteiger partial charge in [0.1, 0.15) is 36.1 Å². The Labute approximate surface area is 368 Å². The highest BCUT2D eigenvalue weighted by Crippen LogP contribution is 2.54. The first kappa shape index (κ1) is 41.1. The number of nitrogens with one attached hydrogen (secondary N) is 4. The minimum absolute atomic E-state index is 0.0388. The van der Waals surface area contributed by atoms with Gasteiger partial charge in [-0.2, -0.15) is 0 Å². The lowest BCUT2D eigenvalue weighted by molar-refractivity contribution is -0.137. The third-order valence-corrected chi connectivity index (χ3v) is 13.4. The maximum atomic E-state index is 14.1. The van der Waals surface area contributed by atoms with Crippen molar-refractivity contribution < 1.29 is 38.5 Å². The molecule has 1 aliphatic carbocycles. The van der Waals surface area contributed by atoms with Crippen LogP contribution in [0.4, 0.5) is 9.59 Å². The minimum atomic E-state index is -1.28. The number of imidazole rings is 2. The summed E-state index contributed by atoms with van der Waals surface area (Å²) in [7, 11) is 2.93. The number of ether oxygens (including phenoxy) is 3. The Hall–Kier alpha value is -6.94. The molecule has 0 spiro atoms. The lowest BCUT2D eigenvalue weighted by Crippen LogP contribution is -2.52. The van der Waals surface area contributed by atoms with Crippen molar-refractivity contribution in [2.24, 2.45) is 17.8 Å². The number of nitrogens with zero attached hydrogens (tertiary/aromatic N) is 4. The predicted molar refractivity (Wildman–Crippen MR) is 236 cm³/mol. The zero-order valence-corrected chi connectivity index (χ0v) is 36.0. The lowest BCUT2D eigenvalue weighted by atomic mass is 9.92. The highest BCUT2D eigenvalue weighted by Gasteiger charge is 2.56. The molecule has 16 nitrogen and oxygen atoms in total. The summed E-state index contributed by atoms with van der Waals surface area (Å²) in [4.78, 5) is 72.7. The Bertz CT molecular complexity index is 2800. The van der Waals surface area contributed by atoms with Crippen LogP contribution < -0.4 is 15.4 Å². The summed E-state index contributed by atoms with van der Waals surface area (Å²) in [5.41, 5.74) is 6.98. The number of likely N-dealkylation sites (tertiary alicyclic amines) is 2. The molecule has 2 saturated heterocycles. The summed E-state index contributed by atoms with van der Waals surface area (Å²) in [5, 5.41) is 16.8. The zero-order valence-electron chi connectivity index (χ0n) is 36.0. The molecule has 4 aromatic carbocycles. The van der Waals surface area contributed by atoms with E-state index in [1.807, 2.05) is 30.9 Å². The number of amides is 4. The van der Waals surface area contributed by atoms with E-state index in [4.69, 9.17) is 24.2 Å². The van der Waals surface area contributed by atoms with Crippen LogP contribution >= 0.6 is 0 Å². The molecule has 2 aromatic heterocycles. The molecule has 4 aliphatic rings. The fraction of sp³-hybridized carbons (Fsp3) is 0.375. The monoisotopic (exact) mass is 866 g/mol. The Morgan fingerprint density at radius 1 is 0.906 bits per heavy atom. The number of carboxylic acid groups (broad SMARTS) is 1. The van der Waals surface area contributed by atoms with E-state index in [2.05, 4.69) is 57.0 Å². The molecule has 5 heterocycles. The SMILES string of the molecule is COC[C@H]1C[C@@H](c2ncc(-c3ccc4c(c3)COc3cc5c(ccc6nc([C@@H]7C[C@H]8C[C@H]8N7C(=O)C(NC(=O)OC)C(C)C)[nH]c65)cc3-4)[nH]2)N(C(=O)C(NC(=O)O)c2ccccc2)C1. The lowest BCUT2D eigenvalue weighted by Gasteiger charge is -2.31. The first-order valence-corrected chi connectivity index (χ1v) is 21.8. The number of fused-ring (bicyclic) bond motifs is 7. The van der Waals surface area contributed by atoms with Crippen LogP contribution in [0.1, 0.15) is 74.0 Å². The van der Waals surface area contributed by atoms with Gasteiger partial charge in [-0.25, -0.2) is 19.6 Å². The Kier molecular flexibility index (Phi) is 10.5. The maximum absolute atomic E-state index is 14.1. The van der Waals surface area contributed by atoms with Crippen molar-refractivity contribution in [1.29, 1.82) is 0 Å². The number of benzene rings is 4. The molecule has 64 heavy (non-hydrogen) atoms. The van der Waals surface area contributed by atoms with E-state index in [9.17, 15) is 24.3 Å². The molecular formula is C48H50N8O8. The van der Waals surface area contributed by atoms with Gasteiger partial charge in [0.15, 0.2) is 0 Å². The van der Waals surface area contributed by atoms with Crippen molar-refractivity contribution in [3.63, 3.8) is 0 Å². The number of aromatic amines is 2. The molecule has 10 rings (SSSR count). The smallest absolute Gasteiger partial charge is 0.407 e. The molecule has 3 fully saturated rings. The van der Waals surface area contributed by atoms with Crippen LogP contribution in [0.5, 0.6) is 5.75 Å². The number of carbonyl (C=O) groups is 4. The molecule has 6 aromatic rings. The average Bonchev–Trinajstić information content (AvgIpc) is 3.76. The van der Waals surface area contributed by atoms with Crippen molar-refractivity contribution in [1.82, 2.24) is 40.4 Å². The maximum Gasteiger partial charge on any atom is 0.407 e. The van der Waals surface area contributed by atoms with Gasteiger partial charge in [0.25, 0.3) is 5.91 Å². The molecular weight excluding hydrogens is 817 g/mol. The van der Waals surface area contributed by atoms with E-state index in [0.29, 0.717) is 43.5 Å². The number of hydrogen-bond donors (Lipinski definition) is 5. The number of H-pyrrole nitrogens is 2. The van der Waals surface area contributed by atoms with Crippen LogP contribution in [0, 0.1) is 17.8 Å². The number of alkyl carbamates (subject to hydrolysis) is 1. The summed E-state index contributed by atoms with van der Waals surface area (Å²) < 4.78 is 16.8. The summed E-state index contributed by atoms with van der Waals surface area (Å²) in [6, 6.07) is 21.1. The van der Waals surface area contributed by atoms with Gasteiger partial charge in [-0.3, -0.25) is 9.59 Å². The number of piperidine rings is 1. The van der Waals surface area contributed by atoms with Gasteiger partial charge in [-0.15, -0.1) is 0 Å². The van der Waals surface area contributed by atoms with Gasteiger partial charge in [0.05, 0.1) is 48.7 Å². The van der Waals surface area contributed by atoms with E-state index < -0.39 is 30.3 Å². The molecule has 3 aliphatic heterocycles. The van der Waals surface area contributed by atoms with E-state index in [-0.39, 0.29) is 35.7 Å². The minimum Gasteiger partial charge on any atom is -0.488 e. The Balaban J connectivity index is 0.910. The van der Waals surface area contributed by atoms with Crippen molar-refractivity contribution in [2.75, 3.05) is 27.4 Å². The Morgan fingerprint density at radius 3 is 2.50 bits per heavy atom. The van der Waals surface area contributed by atoms with E-state index in [0.717, 1.165) is 74.2 Å². The fourth-order valence-corrected chi connectivity index (χ4v) is 10.2. The Morgan fingerprint density at radius 2 is 1.73 bits per heavy atom. The van der Waals surface area contributed by atoms with Crippen molar-refractivity contribution in [3.05, 3.63) is 102 Å². The van der Waals surface area contributed by atoms with Gasteiger partial charge >= 0.3 is 12.2 Å². The second-order valence-electron chi connectivity index (χ2n) is 17.8. The third kappa shape index (κ3) is 7.34. The van der Waals surface area contributed by atoms with Crippen molar-refractivity contribution in [2.45, 2.75) is 69.9 Å². The number of methoxy groups -OCH3 is 2. The molecule has 4 amide bonds. The van der Waals surface area contributed by atoms with Crippen LogP contribution in [0.3, 0.4) is 0 Å². The zero-order chi connectivity index (χ0) is 44.4. The second kappa shape index (κ2) is 16.3. The van der Waals surface area contributed by atoms with E-state index >= 15 is 0 Å². The standard InChI is InChI=1S/C48H50N8O8/c1-24(2)40(54-48(61)63-4)46(58)56-36-17-29(36)18-38(56)44-50-34-13-11-27-16-33-31-12-10-28(15-30(31)23-64-39(33)19-32(27)42(34)52-44)35-20-49-43(51-35)37-14-25(22-62-3)21-55(37)45(57)41(53-47(59)60)26-8-6-5-7-9-26/h5-13,15-16,19-20,24-25,29,36-38,40-41,53H,14,17-18,21-23H2,1-4H3,(H,49,51)(H,50,52)(H,54,61)(H,59,60)/t25-,29+,36+,37-,38-,40?,41?/m0/s1. The van der Waals surface area contributed by atoms with Crippen LogP contribution in [-0.2, 0) is 25.7 Å². The first-order valence-electron chi connectivity index (χ1n) is 21.8. The fourth-order valence-electron chi connectivity index (χ4n) is 10.2. The normalized spacial score (nSPS) is 21.8. The van der Waals surface area contributed by atoms with Crippen LogP contribution in [-0.4, -0.2) is 98.3 Å². The molecule has 16 heteroatoms. The van der Waals surface area contributed by atoms with Gasteiger partial charge in [-0.1, -0.05) is 62.4 Å². The van der Waals surface area contributed by atoms with Crippen LogP contribution in [0.2, 0.25) is 0 Å². The highest BCUT2D eigenvalue weighted by molar-refractivity contribution is 6.07. The second-order valence-corrected chi connectivity index (χ2v) is 17.8. The third-order valence-electron chi connectivity index (χ3n) is 13.4. The van der Waals surface area contributed by atoms with E-state index in [1.54, 1.807) is 42.5 Å². The average molecular weight is 867 g/mol. The highest BCUT2D eigenvalue weighted by atomic mass is 16.5. The van der Waals surface area contributed by atoms with Gasteiger partial charge < -0.3 is 49.7 Å². The van der Waals surface area contributed by atoms with Crippen LogP contribution in [0.25, 0.3) is 44.2 Å². The van der Waals surface area contributed by atoms with E-state index in [1.165, 1.54) is 7.11 Å². The van der Waals surface area contributed by atoms with Gasteiger partial charge in [0, 0.05) is 36.6 Å². The summed E-state index contributed by atoms with van der Waals surface area (Å²) in [6.45, 7) is 5.03. The largest absolute Gasteiger partial charge is 0.488 e. The van der Waals surface area contributed by atoms with Crippen LogP contribution in [0.15, 0.2) is 79.0 Å². The first-order chi connectivity index (χ1) is 31.0. The molecule has 1 saturated carbocycles. The molecule has 330 valence electrons. The quantitative estimate of drug-likeness (QED) is 0.0882. The number of rotatable bonds is 11. The molecule has 5 N–H and O–H groups in total. The predicted octanol–water partition coefficient (Wildman–Crippen LogP) is 7.25. The number of aromatic nitrogens is 4. The molecule has 0 radical (unpaired) electrons. The summed E-state index contributed by atoms with van der Waals surface area (Å²) >= 11 is 0. The van der Waals surface area contributed by atoms with Crippen molar-refractivity contribution >= 4 is 45.8 Å².